The average molecular weight is 221 g/mol. The molecule has 0 fully saturated rings. The molecule has 0 bridgehead atoms. The van der Waals surface area contributed by atoms with Crippen LogP contribution in [0.25, 0.3) is 0 Å². The van der Waals surface area contributed by atoms with Crippen molar-refractivity contribution >= 4 is 0 Å². The van der Waals surface area contributed by atoms with E-state index in [0.717, 1.165) is 5.56 Å². The van der Waals surface area contributed by atoms with Crippen molar-refractivity contribution < 1.29 is 17.9 Å². The van der Waals surface area contributed by atoms with E-state index < -0.39 is 12.8 Å². The molecule has 5 heteroatoms. The Balaban J connectivity index is 0.000000921. The number of hydrogen-bond acceptors (Lipinski definition) is 2. The van der Waals surface area contributed by atoms with E-state index in [9.17, 15) is 13.2 Å². The van der Waals surface area contributed by atoms with Crippen LogP contribution in [0.1, 0.15) is 19.4 Å². The van der Waals surface area contributed by atoms with Crippen molar-refractivity contribution in [3.63, 3.8) is 0 Å². The summed E-state index contributed by atoms with van der Waals surface area (Å²) in [6.45, 7) is 4.45. The molecule has 0 radical (unpaired) electrons. The van der Waals surface area contributed by atoms with Gasteiger partial charge in [-0.3, -0.25) is 0 Å². The molecule has 1 heterocycles. The van der Waals surface area contributed by atoms with Crippen LogP contribution >= 0.6 is 0 Å². The van der Waals surface area contributed by atoms with Crippen LogP contribution in [0.15, 0.2) is 18.3 Å². The van der Waals surface area contributed by atoms with Gasteiger partial charge in [-0.25, -0.2) is 4.98 Å². The molecule has 0 saturated heterocycles. The lowest BCUT2D eigenvalue weighted by Crippen LogP contribution is -2.19. The summed E-state index contributed by atoms with van der Waals surface area (Å²) in [4.78, 5) is 3.62. The van der Waals surface area contributed by atoms with Crippen LogP contribution < -0.4 is 4.74 Å². The van der Waals surface area contributed by atoms with Crippen LogP contribution in [0.2, 0.25) is 0 Å². The maximum atomic E-state index is 11.7. The number of alkyl halides is 3. The first-order valence-electron chi connectivity index (χ1n) is 4.59. The summed E-state index contributed by atoms with van der Waals surface area (Å²) in [7, 11) is 0. The van der Waals surface area contributed by atoms with Crippen molar-refractivity contribution in [3.8, 4) is 5.88 Å². The van der Waals surface area contributed by atoms with Crippen molar-refractivity contribution in [2.45, 2.75) is 26.9 Å². The Hall–Kier alpha value is -1.26. The fraction of sp³-hybridized carbons (Fsp3) is 0.500. The maximum absolute atomic E-state index is 11.7. The van der Waals surface area contributed by atoms with Crippen molar-refractivity contribution in [3.05, 3.63) is 23.9 Å². The maximum Gasteiger partial charge on any atom is 0.422 e. The normalized spacial score (nSPS) is 10.3. The summed E-state index contributed by atoms with van der Waals surface area (Å²) < 4.78 is 39.5. The fourth-order valence-electron chi connectivity index (χ4n) is 0.743. The second-order valence-electron chi connectivity index (χ2n) is 2.58. The summed E-state index contributed by atoms with van der Waals surface area (Å²) in [5.41, 5.74) is 0.812. The lowest BCUT2D eigenvalue weighted by atomic mass is 10.3. The van der Waals surface area contributed by atoms with Crippen LogP contribution in [0, 0.1) is 6.92 Å². The van der Waals surface area contributed by atoms with E-state index in [4.69, 9.17) is 0 Å². The second-order valence-corrected chi connectivity index (χ2v) is 2.58. The monoisotopic (exact) mass is 221 g/mol. The zero-order chi connectivity index (χ0) is 11.9. The van der Waals surface area contributed by atoms with Gasteiger partial charge in [-0.2, -0.15) is 13.2 Å². The molecule has 0 saturated carbocycles. The van der Waals surface area contributed by atoms with E-state index in [2.05, 4.69) is 9.72 Å². The molecule has 0 aliphatic heterocycles. The van der Waals surface area contributed by atoms with Gasteiger partial charge in [-0.1, -0.05) is 13.8 Å². The Morgan fingerprint density at radius 2 is 1.93 bits per heavy atom. The molecule has 0 amide bonds. The number of aryl methyl sites for hydroxylation is 1. The topological polar surface area (TPSA) is 22.1 Å². The second kappa shape index (κ2) is 6.27. The van der Waals surface area contributed by atoms with Gasteiger partial charge in [0.1, 0.15) is 0 Å². The molecule has 1 aromatic heterocycles. The highest BCUT2D eigenvalue weighted by Gasteiger charge is 2.28. The van der Waals surface area contributed by atoms with Crippen LogP contribution in [-0.2, 0) is 0 Å². The SMILES string of the molecule is CC.Cc1ccnc(OCC(F)(F)F)c1. The molecular weight excluding hydrogens is 207 g/mol. The molecule has 15 heavy (non-hydrogen) atoms. The average Bonchev–Trinajstić information content (AvgIpc) is 2.17. The predicted molar refractivity (Wildman–Crippen MR) is 51.9 cm³/mol. The quantitative estimate of drug-likeness (QED) is 0.764. The van der Waals surface area contributed by atoms with Gasteiger partial charge >= 0.3 is 6.18 Å². The Morgan fingerprint density at radius 1 is 1.33 bits per heavy atom. The Labute approximate surface area is 87.1 Å². The molecule has 0 spiro atoms. The highest BCUT2D eigenvalue weighted by atomic mass is 19.4. The van der Waals surface area contributed by atoms with Crippen molar-refractivity contribution in [2.75, 3.05) is 6.61 Å². The van der Waals surface area contributed by atoms with E-state index in [-0.39, 0.29) is 5.88 Å². The number of ether oxygens (including phenoxy) is 1. The highest BCUT2D eigenvalue weighted by molar-refractivity contribution is 5.18. The third-order valence-corrected chi connectivity index (χ3v) is 1.27. The van der Waals surface area contributed by atoms with E-state index in [0.29, 0.717) is 0 Å². The summed E-state index contributed by atoms with van der Waals surface area (Å²) in [6.07, 6.45) is -2.91. The van der Waals surface area contributed by atoms with Gasteiger partial charge in [0, 0.05) is 12.3 Å². The number of pyridine rings is 1. The molecule has 1 aromatic rings. The van der Waals surface area contributed by atoms with Gasteiger partial charge in [-0.05, 0) is 18.6 Å². The summed E-state index contributed by atoms with van der Waals surface area (Å²) in [5.74, 6) is -0.00248. The van der Waals surface area contributed by atoms with Gasteiger partial charge in [0.15, 0.2) is 6.61 Å². The van der Waals surface area contributed by atoms with Gasteiger partial charge in [-0.15, -0.1) is 0 Å². The van der Waals surface area contributed by atoms with Crippen molar-refractivity contribution in [1.29, 1.82) is 0 Å². The Morgan fingerprint density at radius 3 is 2.40 bits per heavy atom. The standard InChI is InChI=1S/C8H8F3NO.C2H6/c1-6-2-3-12-7(4-6)13-5-8(9,10)11;1-2/h2-4H,5H2,1H3;1-2H3. The minimum Gasteiger partial charge on any atom is -0.468 e. The molecule has 1 rings (SSSR count). The number of rotatable bonds is 2. The number of nitrogens with zero attached hydrogens (tertiary/aromatic N) is 1. The van der Waals surface area contributed by atoms with E-state index in [1.807, 2.05) is 13.8 Å². The van der Waals surface area contributed by atoms with Crippen LogP contribution in [0.4, 0.5) is 13.2 Å². The van der Waals surface area contributed by atoms with Crippen molar-refractivity contribution in [1.82, 2.24) is 4.98 Å². The first-order chi connectivity index (χ1) is 6.97. The van der Waals surface area contributed by atoms with E-state index in [1.165, 1.54) is 12.3 Å². The smallest absolute Gasteiger partial charge is 0.422 e. The van der Waals surface area contributed by atoms with Gasteiger partial charge in [0.25, 0.3) is 0 Å². The Kier molecular flexibility index (Phi) is 5.74. The lowest BCUT2D eigenvalue weighted by Gasteiger charge is -2.07. The third kappa shape index (κ3) is 6.76. The zero-order valence-electron chi connectivity index (χ0n) is 8.93. The first kappa shape index (κ1) is 13.7. The predicted octanol–water partition coefficient (Wildman–Crippen LogP) is 3.36. The minimum absolute atomic E-state index is 0.00248. The van der Waals surface area contributed by atoms with Gasteiger partial charge in [0.05, 0.1) is 0 Å². The van der Waals surface area contributed by atoms with E-state index in [1.54, 1.807) is 13.0 Å². The molecule has 0 aliphatic rings. The van der Waals surface area contributed by atoms with Crippen LogP contribution in [0.3, 0.4) is 0 Å². The zero-order valence-corrected chi connectivity index (χ0v) is 8.93. The van der Waals surface area contributed by atoms with Crippen LogP contribution in [-0.4, -0.2) is 17.8 Å². The first-order valence-corrected chi connectivity index (χ1v) is 4.59. The number of halogens is 3. The van der Waals surface area contributed by atoms with E-state index >= 15 is 0 Å². The lowest BCUT2D eigenvalue weighted by molar-refractivity contribution is -0.154. The molecule has 2 nitrogen and oxygen atoms in total. The summed E-state index contributed by atoms with van der Waals surface area (Å²) >= 11 is 0. The molecule has 86 valence electrons. The third-order valence-electron chi connectivity index (χ3n) is 1.27. The number of hydrogen-bond donors (Lipinski definition) is 0. The van der Waals surface area contributed by atoms with Gasteiger partial charge < -0.3 is 4.74 Å². The summed E-state index contributed by atoms with van der Waals surface area (Å²) in [6, 6.07) is 3.13. The molecule has 0 atom stereocenters. The highest BCUT2D eigenvalue weighted by Crippen LogP contribution is 2.17. The minimum atomic E-state index is -4.31. The van der Waals surface area contributed by atoms with Crippen LogP contribution in [0.5, 0.6) is 5.88 Å². The summed E-state index contributed by atoms with van der Waals surface area (Å²) in [5, 5.41) is 0. The largest absolute Gasteiger partial charge is 0.468 e. The fourth-order valence-corrected chi connectivity index (χ4v) is 0.743. The van der Waals surface area contributed by atoms with Gasteiger partial charge in [0.2, 0.25) is 5.88 Å². The molecule has 0 N–H and O–H groups in total. The molecular formula is C10H14F3NO. The molecule has 0 unspecified atom stereocenters. The molecule has 0 aromatic carbocycles. The number of aromatic nitrogens is 1. The Bertz CT molecular complexity index is 286. The molecule has 0 aliphatic carbocycles. The van der Waals surface area contributed by atoms with Crippen molar-refractivity contribution in [2.24, 2.45) is 0 Å².